The minimum atomic E-state index is 0.672. The first-order chi connectivity index (χ1) is 10.3. The summed E-state index contributed by atoms with van der Waals surface area (Å²) in [6.45, 7) is 7.63. The van der Waals surface area contributed by atoms with Crippen molar-refractivity contribution in [2.45, 2.75) is 52.5 Å². The Morgan fingerprint density at radius 2 is 1.90 bits per heavy atom. The van der Waals surface area contributed by atoms with Gasteiger partial charge in [0.15, 0.2) is 11.5 Å². The van der Waals surface area contributed by atoms with Crippen LogP contribution in [-0.4, -0.2) is 19.8 Å². The van der Waals surface area contributed by atoms with E-state index in [-0.39, 0.29) is 0 Å². The number of hydrogen-bond donors (Lipinski definition) is 1. The SMILES string of the molecule is CCCNCc1ccc(OCC2CCCC2)c(OCC)c1. The Hall–Kier alpha value is -1.22. The van der Waals surface area contributed by atoms with Crippen LogP contribution in [0.25, 0.3) is 0 Å². The molecule has 1 saturated carbocycles. The lowest BCUT2D eigenvalue weighted by Gasteiger charge is -2.16. The van der Waals surface area contributed by atoms with Crippen molar-refractivity contribution in [3.63, 3.8) is 0 Å². The Kier molecular flexibility index (Phi) is 6.87. The average molecular weight is 291 g/mol. The van der Waals surface area contributed by atoms with Crippen LogP contribution in [0.2, 0.25) is 0 Å². The number of benzene rings is 1. The highest BCUT2D eigenvalue weighted by molar-refractivity contribution is 5.43. The first-order valence-corrected chi connectivity index (χ1v) is 8.42. The Morgan fingerprint density at radius 3 is 2.62 bits per heavy atom. The van der Waals surface area contributed by atoms with Gasteiger partial charge in [0.2, 0.25) is 0 Å². The molecule has 0 aliphatic heterocycles. The van der Waals surface area contributed by atoms with Crippen molar-refractivity contribution >= 4 is 0 Å². The van der Waals surface area contributed by atoms with Crippen LogP contribution in [-0.2, 0) is 6.54 Å². The van der Waals surface area contributed by atoms with Crippen molar-refractivity contribution < 1.29 is 9.47 Å². The lowest BCUT2D eigenvalue weighted by atomic mass is 10.1. The molecule has 0 radical (unpaired) electrons. The molecule has 3 nitrogen and oxygen atoms in total. The third-order valence-electron chi connectivity index (χ3n) is 4.01. The van der Waals surface area contributed by atoms with Crippen LogP contribution in [0.3, 0.4) is 0 Å². The molecule has 1 aliphatic carbocycles. The molecule has 0 spiro atoms. The van der Waals surface area contributed by atoms with Gasteiger partial charge in [0.25, 0.3) is 0 Å². The van der Waals surface area contributed by atoms with Crippen molar-refractivity contribution in [2.75, 3.05) is 19.8 Å². The maximum Gasteiger partial charge on any atom is 0.161 e. The van der Waals surface area contributed by atoms with E-state index in [0.717, 1.165) is 43.5 Å². The summed E-state index contributed by atoms with van der Waals surface area (Å²) in [6.07, 6.45) is 6.48. The fraction of sp³-hybridized carbons (Fsp3) is 0.667. The molecule has 1 aliphatic rings. The number of hydrogen-bond acceptors (Lipinski definition) is 3. The largest absolute Gasteiger partial charge is 0.490 e. The second-order valence-electron chi connectivity index (χ2n) is 5.85. The molecular formula is C18H29NO2. The molecule has 21 heavy (non-hydrogen) atoms. The fourth-order valence-corrected chi connectivity index (χ4v) is 2.84. The molecule has 0 unspecified atom stereocenters. The molecule has 1 fully saturated rings. The van der Waals surface area contributed by atoms with E-state index in [1.807, 2.05) is 6.92 Å². The molecule has 0 aromatic heterocycles. The van der Waals surface area contributed by atoms with Crippen molar-refractivity contribution in [3.05, 3.63) is 23.8 Å². The highest BCUT2D eigenvalue weighted by Gasteiger charge is 2.16. The second kappa shape index (κ2) is 8.93. The van der Waals surface area contributed by atoms with Crippen molar-refractivity contribution in [2.24, 2.45) is 5.92 Å². The van der Waals surface area contributed by atoms with E-state index in [1.165, 1.54) is 31.2 Å². The molecule has 1 aromatic carbocycles. The van der Waals surface area contributed by atoms with Crippen LogP contribution in [0.1, 0.15) is 51.5 Å². The highest BCUT2D eigenvalue weighted by atomic mass is 16.5. The van der Waals surface area contributed by atoms with Crippen molar-refractivity contribution in [3.8, 4) is 11.5 Å². The normalized spacial score (nSPS) is 15.3. The van der Waals surface area contributed by atoms with Gasteiger partial charge in [-0.15, -0.1) is 0 Å². The van der Waals surface area contributed by atoms with E-state index in [4.69, 9.17) is 9.47 Å². The van der Waals surface area contributed by atoms with Gasteiger partial charge in [0.1, 0.15) is 0 Å². The molecule has 0 atom stereocenters. The van der Waals surface area contributed by atoms with Gasteiger partial charge in [-0.25, -0.2) is 0 Å². The summed E-state index contributed by atoms with van der Waals surface area (Å²) < 4.78 is 11.8. The Bertz CT molecular complexity index is 414. The summed E-state index contributed by atoms with van der Waals surface area (Å²) in [5, 5.41) is 3.42. The smallest absolute Gasteiger partial charge is 0.161 e. The minimum Gasteiger partial charge on any atom is -0.490 e. The quantitative estimate of drug-likeness (QED) is 0.693. The van der Waals surface area contributed by atoms with Crippen LogP contribution in [0.15, 0.2) is 18.2 Å². The van der Waals surface area contributed by atoms with E-state index >= 15 is 0 Å². The first-order valence-electron chi connectivity index (χ1n) is 8.42. The second-order valence-corrected chi connectivity index (χ2v) is 5.85. The number of rotatable bonds is 9. The Balaban J connectivity index is 1.94. The van der Waals surface area contributed by atoms with Gasteiger partial charge in [-0.05, 0) is 56.3 Å². The van der Waals surface area contributed by atoms with Crippen LogP contribution in [0.5, 0.6) is 11.5 Å². The summed E-state index contributed by atoms with van der Waals surface area (Å²) in [5.74, 6) is 2.50. The molecule has 3 heteroatoms. The molecule has 0 saturated heterocycles. The number of ether oxygens (including phenoxy) is 2. The van der Waals surface area contributed by atoms with Gasteiger partial charge < -0.3 is 14.8 Å². The van der Waals surface area contributed by atoms with E-state index in [2.05, 4.69) is 30.4 Å². The van der Waals surface area contributed by atoms with Gasteiger partial charge in [-0.1, -0.05) is 25.8 Å². The number of nitrogens with one attached hydrogen (secondary N) is 1. The average Bonchev–Trinajstić information content (AvgIpc) is 3.00. The summed E-state index contributed by atoms with van der Waals surface area (Å²) in [6, 6.07) is 6.30. The first kappa shape index (κ1) is 16.2. The standard InChI is InChI=1S/C18H29NO2/c1-3-11-19-13-16-9-10-17(18(12-16)20-4-2)21-14-15-7-5-6-8-15/h9-10,12,15,19H,3-8,11,13-14H2,1-2H3. The third kappa shape index (κ3) is 5.24. The van der Waals surface area contributed by atoms with Crippen LogP contribution < -0.4 is 14.8 Å². The topological polar surface area (TPSA) is 30.5 Å². The minimum absolute atomic E-state index is 0.672. The maximum absolute atomic E-state index is 6.01. The zero-order chi connectivity index (χ0) is 14.9. The Morgan fingerprint density at radius 1 is 1.10 bits per heavy atom. The molecule has 118 valence electrons. The summed E-state index contributed by atoms with van der Waals surface area (Å²) in [5.41, 5.74) is 1.25. The van der Waals surface area contributed by atoms with Gasteiger partial charge in [0.05, 0.1) is 13.2 Å². The maximum atomic E-state index is 6.01. The van der Waals surface area contributed by atoms with Crippen molar-refractivity contribution in [1.29, 1.82) is 0 Å². The molecule has 1 aromatic rings. The monoisotopic (exact) mass is 291 g/mol. The van der Waals surface area contributed by atoms with E-state index in [0.29, 0.717) is 6.61 Å². The van der Waals surface area contributed by atoms with Crippen molar-refractivity contribution in [1.82, 2.24) is 5.32 Å². The van der Waals surface area contributed by atoms with Gasteiger partial charge in [-0.3, -0.25) is 0 Å². The predicted octanol–water partition coefficient (Wildman–Crippen LogP) is 4.15. The lowest BCUT2D eigenvalue weighted by molar-refractivity contribution is 0.234. The Labute approximate surface area is 129 Å². The molecular weight excluding hydrogens is 262 g/mol. The van der Waals surface area contributed by atoms with E-state index in [9.17, 15) is 0 Å². The summed E-state index contributed by atoms with van der Waals surface area (Å²) >= 11 is 0. The van der Waals surface area contributed by atoms with Gasteiger partial charge >= 0.3 is 0 Å². The summed E-state index contributed by atoms with van der Waals surface area (Å²) in [4.78, 5) is 0. The highest BCUT2D eigenvalue weighted by Crippen LogP contribution is 2.31. The third-order valence-corrected chi connectivity index (χ3v) is 4.01. The molecule has 0 heterocycles. The molecule has 2 rings (SSSR count). The predicted molar refractivity (Wildman–Crippen MR) is 87.1 cm³/mol. The zero-order valence-electron chi connectivity index (χ0n) is 13.5. The van der Waals surface area contributed by atoms with E-state index in [1.54, 1.807) is 0 Å². The lowest BCUT2D eigenvalue weighted by Crippen LogP contribution is -2.14. The van der Waals surface area contributed by atoms with E-state index < -0.39 is 0 Å². The fourth-order valence-electron chi connectivity index (χ4n) is 2.84. The van der Waals surface area contributed by atoms with Gasteiger partial charge in [-0.2, -0.15) is 0 Å². The van der Waals surface area contributed by atoms with Crippen LogP contribution in [0.4, 0.5) is 0 Å². The molecule has 0 amide bonds. The molecule has 0 bridgehead atoms. The zero-order valence-corrected chi connectivity index (χ0v) is 13.5. The molecule has 1 N–H and O–H groups in total. The van der Waals surface area contributed by atoms with Crippen LogP contribution >= 0.6 is 0 Å². The summed E-state index contributed by atoms with van der Waals surface area (Å²) in [7, 11) is 0. The van der Waals surface area contributed by atoms with Gasteiger partial charge in [0, 0.05) is 6.54 Å². The van der Waals surface area contributed by atoms with Crippen LogP contribution in [0, 0.1) is 5.92 Å².